The Labute approximate surface area is 153 Å². The van der Waals surface area contributed by atoms with Crippen molar-refractivity contribution in [3.63, 3.8) is 0 Å². The van der Waals surface area contributed by atoms with Gasteiger partial charge in [-0.2, -0.15) is 0 Å². The van der Waals surface area contributed by atoms with E-state index in [1.807, 2.05) is 42.7 Å². The molecule has 0 aromatic heterocycles. The summed E-state index contributed by atoms with van der Waals surface area (Å²) in [6.07, 6.45) is 2.03. The number of nitrogens with one attached hydrogen (secondary N) is 2. The van der Waals surface area contributed by atoms with E-state index in [9.17, 15) is 4.79 Å². The van der Waals surface area contributed by atoms with Gasteiger partial charge in [0.15, 0.2) is 0 Å². The molecule has 132 valence electrons. The predicted molar refractivity (Wildman–Crippen MR) is 107 cm³/mol. The van der Waals surface area contributed by atoms with E-state index in [2.05, 4.69) is 39.6 Å². The number of amides is 2. The van der Waals surface area contributed by atoms with E-state index < -0.39 is 0 Å². The molecule has 2 aromatic carbocycles. The molecule has 1 heterocycles. The maximum atomic E-state index is 12.1. The second-order valence-electron chi connectivity index (χ2n) is 6.14. The first-order valence-electron chi connectivity index (χ1n) is 8.39. The Balaban J connectivity index is 1.54. The van der Waals surface area contributed by atoms with E-state index in [1.54, 1.807) is 11.8 Å². The van der Waals surface area contributed by atoms with Crippen LogP contribution in [0.25, 0.3) is 0 Å². The van der Waals surface area contributed by atoms with Crippen LogP contribution in [0.3, 0.4) is 0 Å². The zero-order valence-electron chi connectivity index (χ0n) is 14.7. The predicted octanol–water partition coefficient (Wildman–Crippen LogP) is 3.80. The minimum Gasteiger partial charge on any atom is -0.369 e. The molecule has 5 nitrogen and oxygen atoms in total. The van der Waals surface area contributed by atoms with Gasteiger partial charge in [0.25, 0.3) is 0 Å². The molecule has 1 aliphatic rings. The fourth-order valence-corrected chi connectivity index (χ4v) is 3.20. The fraction of sp³-hybridized carbons (Fsp3) is 0.316. The first-order valence-corrected chi connectivity index (χ1v) is 9.62. The molecule has 0 radical (unpaired) electrons. The van der Waals surface area contributed by atoms with Crippen LogP contribution in [0.1, 0.15) is 0 Å². The maximum absolute atomic E-state index is 12.1. The van der Waals surface area contributed by atoms with Crippen LogP contribution in [0.5, 0.6) is 0 Å². The van der Waals surface area contributed by atoms with Crippen molar-refractivity contribution in [2.45, 2.75) is 4.90 Å². The van der Waals surface area contributed by atoms with Gasteiger partial charge in [0.1, 0.15) is 0 Å². The number of thioether (sulfide) groups is 1. The highest BCUT2D eigenvalue weighted by atomic mass is 32.2. The van der Waals surface area contributed by atoms with Crippen LogP contribution in [-0.2, 0) is 0 Å². The van der Waals surface area contributed by atoms with Gasteiger partial charge < -0.3 is 20.4 Å². The summed E-state index contributed by atoms with van der Waals surface area (Å²) in [6.45, 7) is 4.24. The first-order chi connectivity index (χ1) is 12.1. The highest BCUT2D eigenvalue weighted by Crippen LogP contribution is 2.20. The molecule has 2 amide bonds. The number of piperazine rings is 1. The molecule has 0 unspecified atom stereocenters. The Bertz CT molecular complexity index is 694. The minimum absolute atomic E-state index is 0.232. The SMILES string of the molecule is CSc1ccc(NC(=O)Nc2ccc(N3CCN(C)CC3)cc2)cc1. The third-order valence-corrected chi connectivity index (χ3v) is 5.09. The largest absolute Gasteiger partial charge is 0.369 e. The summed E-state index contributed by atoms with van der Waals surface area (Å²) >= 11 is 1.68. The summed E-state index contributed by atoms with van der Waals surface area (Å²) in [5, 5.41) is 5.72. The zero-order valence-corrected chi connectivity index (χ0v) is 15.5. The molecule has 1 fully saturated rings. The molecule has 1 aliphatic heterocycles. The van der Waals surface area contributed by atoms with Gasteiger partial charge in [-0.15, -0.1) is 11.8 Å². The van der Waals surface area contributed by atoms with Gasteiger partial charge in [0, 0.05) is 48.1 Å². The van der Waals surface area contributed by atoms with Crippen molar-refractivity contribution >= 4 is 34.9 Å². The van der Waals surface area contributed by atoms with E-state index in [0.717, 1.165) is 37.6 Å². The third kappa shape index (κ3) is 4.90. The molecular weight excluding hydrogens is 332 g/mol. The lowest BCUT2D eigenvalue weighted by Crippen LogP contribution is -2.44. The smallest absolute Gasteiger partial charge is 0.323 e. The quantitative estimate of drug-likeness (QED) is 0.818. The number of carbonyl (C=O) groups excluding carboxylic acids is 1. The fourth-order valence-electron chi connectivity index (χ4n) is 2.79. The van der Waals surface area contributed by atoms with Crippen LogP contribution in [0, 0.1) is 0 Å². The van der Waals surface area contributed by atoms with Gasteiger partial charge in [-0.05, 0) is 61.8 Å². The molecule has 0 spiro atoms. The minimum atomic E-state index is -0.232. The highest BCUT2D eigenvalue weighted by molar-refractivity contribution is 7.98. The van der Waals surface area contributed by atoms with Crippen molar-refractivity contribution in [3.8, 4) is 0 Å². The Morgan fingerprint density at radius 1 is 0.880 bits per heavy atom. The number of likely N-dealkylation sites (N-methyl/N-ethyl adjacent to an activating group) is 1. The summed E-state index contributed by atoms with van der Waals surface area (Å²) in [5.41, 5.74) is 2.77. The molecular formula is C19H24N4OS. The van der Waals surface area contributed by atoms with Crippen LogP contribution in [0.2, 0.25) is 0 Å². The van der Waals surface area contributed by atoms with Crippen molar-refractivity contribution < 1.29 is 4.79 Å². The van der Waals surface area contributed by atoms with Gasteiger partial charge in [-0.25, -0.2) is 4.79 Å². The van der Waals surface area contributed by atoms with E-state index in [4.69, 9.17) is 0 Å². The Morgan fingerprint density at radius 3 is 1.92 bits per heavy atom. The Morgan fingerprint density at radius 2 is 1.40 bits per heavy atom. The van der Waals surface area contributed by atoms with Gasteiger partial charge in [-0.1, -0.05) is 0 Å². The Hall–Kier alpha value is -2.18. The van der Waals surface area contributed by atoms with Gasteiger partial charge in [0.05, 0.1) is 0 Å². The number of benzene rings is 2. The standard InChI is InChI=1S/C19H24N4OS/c1-22-11-13-23(14-12-22)17-7-3-15(4-8-17)20-19(24)21-16-5-9-18(25-2)10-6-16/h3-10H,11-14H2,1-2H3,(H2,20,21,24). The zero-order chi connectivity index (χ0) is 17.6. The topological polar surface area (TPSA) is 47.6 Å². The van der Waals surface area contributed by atoms with Crippen LogP contribution >= 0.6 is 11.8 Å². The normalized spacial score (nSPS) is 15.0. The van der Waals surface area contributed by atoms with Crippen molar-refractivity contribution in [3.05, 3.63) is 48.5 Å². The monoisotopic (exact) mass is 356 g/mol. The number of hydrogen-bond acceptors (Lipinski definition) is 4. The number of hydrogen-bond donors (Lipinski definition) is 2. The lowest BCUT2D eigenvalue weighted by Gasteiger charge is -2.34. The van der Waals surface area contributed by atoms with Crippen LogP contribution in [0.4, 0.5) is 21.9 Å². The molecule has 2 aromatic rings. The van der Waals surface area contributed by atoms with Gasteiger partial charge in [-0.3, -0.25) is 0 Å². The van der Waals surface area contributed by atoms with Gasteiger partial charge >= 0.3 is 6.03 Å². The first kappa shape index (κ1) is 17.6. The highest BCUT2D eigenvalue weighted by Gasteiger charge is 2.14. The number of anilines is 3. The number of nitrogens with zero attached hydrogens (tertiary/aromatic N) is 2. The summed E-state index contributed by atoms with van der Waals surface area (Å²) in [5.74, 6) is 0. The molecule has 25 heavy (non-hydrogen) atoms. The third-order valence-electron chi connectivity index (χ3n) is 4.34. The second-order valence-corrected chi connectivity index (χ2v) is 7.02. The summed E-state index contributed by atoms with van der Waals surface area (Å²) in [4.78, 5) is 18.0. The number of rotatable bonds is 4. The Kier molecular flexibility index (Phi) is 5.83. The van der Waals surface area contributed by atoms with Crippen molar-refractivity contribution in [2.24, 2.45) is 0 Å². The number of carbonyl (C=O) groups is 1. The number of urea groups is 1. The van der Waals surface area contributed by atoms with E-state index in [1.165, 1.54) is 10.6 Å². The molecule has 6 heteroatoms. The van der Waals surface area contributed by atoms with Crippen molar-refractivity contribution in [2.75, 3.05) is 55.0 Å². The van der Waals surface area contributed by atoms with Crippen molar-refractivity contribution in [1.82, 2.24) is 4.90 Å². The molecule has 3 rings (SSSR count). The molecule has 0 bridgehead atoms. The van der Waals surface area contributed by atoms with E-state index in [0.29, 0.717) is 0 Å². The summed E-state index contributed by atoms with van der Waals surface area (Å²) < 4.78 is 0. The molecule has 0 saturated carbocycles. The average molecular weight is 356 g/mol. The van der Waals surface area contributed by atoms with E-state index in [-0.39, 0.29) is 6.03 Å². The van der Waals surface area contributed by atoms with Crippen LogP contribution in [-0.4, -0.2) is 50.4 Å². The van der Waals surface area contributed by atoms with Crippen molar-refractivity contribution in [1.29, 1.82) is 0 Å². The summed E-state index contributed by atoms with van der Waals surface area (Å²) in [7, 11) is 2.15. The second kappa shape index (κ2) is 8.27. The van der Waals surface area contributed by atoms with Gasteiger partial charge in [0.2, 0.25) is 0 Å². The van der Waals surface area contributed by atoms with Crippen LogP contribution in [0.15, 0.2) is 53.4 Å². The lowest BCUT2D eigenvalue weighted by atomic mass is 10.2. The molecule has 2 N–H and O–H groups in total. The average Bonchev–Trinajstić information content (AvgIpc) is 2.64. The summed E-state index contributed by atoms with van der Waals surface area (Å²) in [6, 6.07) is 15.6. The maximum Gasteiger partial charge on any atom is 0.323 e. The molecule has 0 aliphatic carbocycles. The lowest BCUT2D eigenvalue weighted by molar-refractivity contribution is 0.262. The molecule has 0 atom stereocenters. The van der Waals surface area contributed by atoms with E-state index >= 15 is 0 Å². The van der Waals surface area contributed by atoms with Crippen LogP contribution < -0.4 is 15.5 Å². The molecule has 1 saturated heterocycles.